The van der Waals surface area contributed by atoms with Gasteiger partial charge in [-0.05, 0) is 13.8 Å². The third kappa shape index (κ3) is 2.19. The Morgan fingerprint density at radius 1 is 1.83 bits per heavy atom. The maximum absolute atomic E-state index is 11.2. The summed E-state index contributed by atoms with van der Waals surface area (Å²) in [6.45, 7) is 5.69. The number of aliphatic hydroxyl groups is 1. The standard InChI is InChI=1S/C8H16N2O2/c1-6(11)5-10-4-3-9-8(12)7(10)2/h6-7,11H,3-5H2,1-2H3,(H,9,12). The first-order valence-electron chi connectivity index (χ1n) is 4.31. The Labute approximate surface area is 72.6 Å². The fourth-order valence-electron chi connectivity index (χ4n) is 1.42. The van der Waals surface area contributed by atoms with Crippen LogP contribution in [0.1, 0.15) is 13.8 Å². The molecule has 4 heteroatoms. The highest BCUT2D eigenvalue weighted by atomic mass is 16.3. The third-order valence-electron chi connectivity index (χ3n) is 2.12. The van der Waals surface area contributed by atoms with E-state index in [4.69, 9.17) is 5.11 Å². The van der Waals surface area contributed by atoms with Gasteiger partial charge in [-0.3, -0.25) is 9.69 Å². The van der Waals surface area contributed by atoms with E-state index in [9.17, 15) is 4.79 Å². The number of carbonyl (C=O) groups excluding carboxylic acids is 1. The molecule has 2 N–H and O–H groups in total. The lowest BCUT2D eigenvalue weighted by atomic mass is 10.2. The average molecular weight is 172 g/mol. The van der Waals surface area contributed by atoms with Crippen molar-refractivity contribution in [1.82, 2.24) is 10.2 Å². The number of β-amino-alcohol motifs (C(OH)–C–C–N with tert-alkyl or cyclic N) is 1. The molecular weight excluding hydrogens is 156 g/mol. The highest BCUT2D eigenvalue weighted by Crippen LogP contribution is 2.04. The fraction of sp³-hybridized carbons (Fsp3) is 0.875. The van der Waals surface area contributed by atoms with Crippen LogP contribution in [-0.2, 0) is 4.79 Å². The Kier molecular flexibility index (Phi) is 3.05. The van der Waals surface area contributed by atoms with E-state index in [2.05, 4.69) is 5.32 Å². The van der Waals surface area contributed by atoms with Crippen LogP contribution in [0, 0.1) is 0 Å². The van der Waals surface area contributed by atoms with Crippen LogP contribution in [0.4, 0.5) is 0 Å². The zero-order valence-electron chi connectivity index (χ0n) is 7.58. The van der Waals surface area contributed by atoms with Crippen molar-refractivity contribution in [3.63, 3.8) is 0 Å². The van der Waals surface area contributed by atoms with Gasteiger partial charge in [0, 0.05) is 19.6 Å². The minimum absolute atomic E-state index is 0.0573. The Bertz CT molecular complexity index is 170. The van der Waals surface area contributed by atoms with Crippen LogP contribution in [0.5, 0.6) is 0 Å². The Balaban J connectivity index is 2.46. The Morgan fingerprint density at radius 2 is 2.50 bits per heavy atom. The molecule has 1 heterocycles. The molecule has 0 radical (unpaired) electrons. The summed E-state index contributed by atoms with van der Waals surface area (Å²) in [4.78, 5) is 13.1. The summed E-state index contributed by atoms with van der Waals surface area (Å²) in [5.74, 6) is 0.0573. The topological polar surface area (TPSA) is 52.6 Å². The van der Waals surface area contributed by atoms with Crippen molar-refractivity contribution < 1.29 is 9.90 Å². The van der Waals surface area contributed by atoms with E-state index in [0.717, 1.165) is 6.54 Å². The van der Waals surface area contributed by atoms with Crippen molar-refractivity contribution in [2.24, 2.45) is 0 Å². The van der Waals surface area contributed by atoms with Crippen LogP contribution in [-0.4, -0.2) is 47.7 Å². The van der Waals surface area contributed by atoms with Crippen LogP contribution in [0.2, 0.25) is 0 Å². The maximum Gasteiger partial charge on any atom is 0.237 e. The van der Waals surface area contributed by atoms with Crippen molar-refractivity contribution >= 4 is 5.91 Å². The summed E-state index contributed by atoms with van der Waals surface area (Å²) >= 11 is 0. The molecule has 2 atom stereocenters. The molecule has 1 aliphatic heterocycles. The second-order valence-corrected chi connectivity index (χ2v) is 3.31. The second kappa shape index (κ2) is 3.87. The smallest absolute Gasteiger partial charge is 0.237 e. The van der Waals surface area contributed by atoms with Gasteiger partial charge in [0.05, 0.1) is 12.1 Å². The highest BCUT2D eigenvalue weighted by Gasteiger charge is 2.25. The van der Waals surface area contributed by atoms with E-state index in [1.807, 2.05) is 11.8 Å². The molecule has 1 aliphatic rings. The normalized spacial score (nSPS) is 28.2. The third-order valence-corrected chi connectivity index (χ3v) is 2.12. The molecule has 0 aromatic heterocycles. The van der Waals surface area contributed by atoms with Gasteiger partial charge in [0.15, 0.2) is 0 Å². The van der Waals surface area contributed by atoms with E-state index < -0.39 is 0 Å². The lowest BCUT2D eigenvalue weighted by Crippen LogP contribution is -2.55. The lowest BCUT2D eigenvalue weighted by molar-refractivity contribution is -0.128. The predicted molar refractivity (Wildman–Crippen MR) is 45.7 cm³/mol. The summed E-state index contributed by atoms with van der Waals surface area (Å²) in [5, 5.41) is 11.9. The van der Waals surface area contributed by atoms with Crippen LogP contribution in [0.3, 0.4) is 0 Å². The molecule has 1 amide bonds. The summed E-state index contributed by atoms with van der Waals surface area (Å²) < 4.78 is 0. The number of piperazine rings is 1. The Hall–Kier alpha value is -0.610. The van der Waals surface area contributed by atoms with Gasteiger partial charge in [-0.25, -0.2) is 0 Å². The quantitative estimate of drug-likeness (QED) is 0.572. The number of aliphatic hydroxyl groups excluding tert-OH is 1. The molecule has 70 valence electrons. The van der Waals surface area contributed by atoms with Crippen LogP contribution >= 0.6 is 0 Å². The van der Waals surface area contributed by atoms with Crippen molar-refractivity contribution in [3.05, 3.63) is 0 Å². The SMILES string of the molecule is CC(O)CN1CCNC(=O)C1C. The summed E-state index contributed by atoms with van der Waals surface area (Å²) in [6, 6.07) is -0.103. The molecule has 0 spiro atoms. The minimum atomic E-state index is -0.363. The first kappa shape index (κ1) is 9.48. The molecule has 0 aliphatic carbocycles. The predicted octanol–water partition coefficient (Wildman–Crippen LogP) is -0.812. The molecule has 1 fully saturated rings. The van der Waals surface area contributed by atoms with Crippen molar-refractivity contribution in [1.29, 1.82) is 0 Å². The van der Waals surface area contributed by atoms with Crippen LogP contribution < -0.4 is 5.32 Å². The second-order valence-electron chi connectivity index (χ2n) is 3.31. The summed E-state index contributed by atoms with van der Waals surface area (Å²) in [6.07, 6.45) is -0.363. The van der Waals surface area contributed by atoms with E-state index in [1.54, 1.807) is 6.92 Å². The molecule has 0 aromatic carbocycles. The number of rotatable bonds is 2. The number of nitrogens with one attached hydrogen (secondary N) is 1. The first-order chi connectivity index (χ1) is 5.61. The number of hydrogen-bond donors (Lipinski definition) is 2. The molecular formula is C8H16N2O2. The van der Waals surface area contributed by atoms with Gasteiger partial charge in [-0.1, -0.05) is 0 Å². The van der Waals surface area contributed by atoms with E-state index in [0.29, 0.717) is 13.1 Å². The average Bonchev–Trinajstić information content (AvgIpc) is 1.98. The largest absolute Gasteiger partial charge is 0.392 e. The monoisotopic (exact) mass is 172 g/mol. The summed E-state index contributed by atoms with van der Waals surface area (Å²) in [7, 11) is 0. The molecule has 1 rings (SSSR count). The fourth-order valence-corrected chi connectivity index (χ4v) is 1.42. The molecule has 4 nitrogen and oxygen atoms in total. The minimum Gasteiger partial charge on any atom is -0.392 e. The lowest BCUT2D eigenvalue weighted by Gasteiger charge is -2.33. The first-order valence-corrected chi connectivity index (χ1v) is 4.31. The van der Waals surface area contributed by atoms with E-state index >= 15 is 0 Å². The van der Waals surface area contributed by atoms with Gasteiger partial charge >= 0.3 is 0 Å². The Morgan fingerprint density at radius 3 is 3.08 bits per heavy atom. The van der Waals surface area contributed by atoms with Gasteiger partial charge in [-0.2, -0.15) is 0 Å². The number of hydrogen-bond acceptors (Lipinski definition) is 3. The number of nitrogens with zero attached hydrogens (tertiary/aromatic N) is 1. The van der Waals surface area contributed by atoms with Gasteiger partial charge in [0.25, 0.3) is 0 Å². The van der Waals surface area contributed by atoms with Crippen molar-refractivity contribution in [2.45, 2.75) is 26.0 Å². The van der Waals surface area contributed by atoms with Crippen molar-refractivity contribution in [2.75, 3.05) is 19.6 Å². The van der Waals surface area contributed by atoms with Gasteiger partial charge < -0.3 is 10.4 Å². The number of amides is 1. The molecule has 0 aromatic rings. The summed E-state index contributed by atoms with van der Waals surface area (Å²) in [5.41, 5.74) is 0. The molecule has 0 bridgehead atoms. The molecule has 2 unspecified atom stereocenters. The molecule has 0 saturated carbocycles. The van der Waals surface area contributed by atoms with Crippen LogP contribution in [0.15, 0.2) is 0 Å². The molecule has 1 saturated heterocycles. The molecule has 12 heavy (non-hydrogen) atoms. The van der Waals surface area contributed by atoms with E-state index in [1.165, 1.54) is 0 Å². The van der Waals surface area contributed by atoms with Gasteiger partial charge in [-0.15, -0.1) is 0 Å². The zero-order chi connectivity index (χ0) is 9.14. The van der Waals surface area contributed by atoms with Gasteiger partial charge in [0.2, 0.25) is 5.91 Å². The maximum atomic E-state index is 11.2. The zero-order valence-corrected chi connectivity index (χ0v) is 7.58. The van der Waals surface area contributed by atoms with Gasteiger partial charge in [0.1, 0.15) is 0 Å². The van der Waals surface area contributed by atoms with Crippen molar-refractivity contribution in [3.8, 4) is 0 Å². The number of carbonyl (C=O) groups is 1. The van der Waals surface area contributed by atoms with E-state index in [-0.39, 0.29) is 18.1 Å². The highest BCUT2D eigenvalue weighted by molar-refractivity contribution is 5.81. The van der Waals surface area contributed by atoms with Crippen LogP contribution in [0.25, 0.3) is 0 Å².